The first-order valence-corrected chi connectivity index (χ1v) is 10.6. The summed E-state index contributed by atoms with van der Waals surface area (Å²) in [6.45, 7) is 6.93. The summed E-state index contributed by atoms with van der Waals surface area (Å²) in [6.07, 6.45) is -0.142. The molecular formula is C19H34N4O7S. The molecule has 4 unspecified atom stereocenters. The zero-order valence-corrected chi connectivity index (χ0v) is 19.1. The van der Waals surface area contributed by atoms with Crippen LogP contribution in [0.4, 0.5) is 0 Å². The molecule has 0 aliphatic carbocycles. The summed E-state index contributed by atoms with van der Waals surface area (Å²) in [7, 11) is 0. The molecule has 7 N–H and O–H groups in total. The maximum absolute atomic E-state index is 12.7. The van der Waals surface area contributed by atoms with Gasteiger partial charge < -0.3 is 31.9 Å². The van der Waals surface area contributed by atoms with Crippen LogP contribution in [0.5, 0.6) is 0 Å². The summed E-state index contributed by atoms with van der Waals surface area (Å²) in [6, 6.07) is -4.38. The number of nitrogens with two attached hydrogens (primary N) is 1. The van der Waals surface area contributed by atoms with E-state index in [0.717, 1.165) is 0 Å². The van der Waals surface area contributed by atoms with E-state index in [1.54, 1.807) is 13.8 Å². The number of thiol groups is 1. The Bertz CT molecular complexity index is 657. The van der Waals surface area contributed by atoms with E-state index in [1.807, 2.05) is 13.8 Å². The van der Waals surface area contributed by atoms with Gasteiger partial charge in [-0.2, -0.15) is 12.6 Å². The summed E-state index contributed by atoms with van der Waals surface area (Å²) in [5, 5.41) is 25.3. The number of amides is 3. The molecule has 4 atom stereocenters. The molecule has 0 aliphatic rings. The summed E-state index contributed by atoms with van der Waals surface area (Å²) < 4.78 is 0. The lowest BCUT2D eigenvalue weighted by molar-refractivity contribution is -0.143. The van der Waals surface area contributed by atoms with Crippen molar-refractivity contribution in [3.8, 4) is 0 Å². The average Bonchev–Trinajstić information content (AvgIpc) is 2.66. The fourth-order valence-corrected chi connectivity index (χ4v) is 2.88. The zero-order chi connectivity index (χ0) is 24.3. The summed E-state index contributed by atoms with van der Waals surface area (Å²) >= 11 is 4.06. The van der Waals surface area contributed by atoms with Gasteiger partial charge in [-0.05, 0) is 24.7 Å². The van der Waals surface area contributed by atoms with Crippen LogP contribution < -0.4 is 21.7 Å². The number of rotatable bonds is 14. The van der Waals surface area contributed by atoms with Crippen LogP contribution in [0.15, 0.2) is 0 Å². The minimum Gasteiger partial charge on any atom is -0.481 e. The highest BCUT2D eigenvalue weighted by Crippen LogP contribution is 2.08. The van der Waals surface area contributed by atoms with Gasteiger partial charge in [0.1, 0.15) is 18.1 Å². The van der Waals surface area contributed by atoms with E-state index < -0.39 is 53.8 Å². The van der Waals surface area contributed by atoms with Crippen molar-refractivity contribution in [2.75, 3.05) is 5.75 Å². The largest absolute Gasteiger partial charge is 0.481 e. The summed E-state index contributed by atoms with van der Waals surface area (Å²) in [5.41, 5.74) is 5.69. The van der Waals surface area contributed by atoms with Gasteiger partial charge in [-0.1, -0.05) is 27.7 Å². The lowest BCUT2D eigenvalue weighted by Crippen LogP contribution is -2.58. The van der Waals surface area contributed by atoms with Gasteiger partial charge >= 0.3 is 11.9 Å². The van der Waals surface area contributed by atoms with E-state index in [2.05, 4.69) is 28.6 Å². The van der Waals surface area contributed by atoms with Crippen LogP contribution in [-0.4, -0.2) is 69.8 Å². The lowest BCUT2D eigenvalue weighted by atomic mass is 10.0. The van der Waals surface area contributed by atoms with Crippen molar-refractivity contribution in [2.45, 2.75) is 71.1 Å². The van der Waals surface area contributed by atoms with Gasteiger partial charge in [0, 0.05) is 12.2 Å². The first-order valence-electron chi connectivity index (χ1n) is 10.0. The Kier molecular flexibility index (Phi) is 12.8. The highest BCUT2D eigenvalue weighted by Gasteiger charge is 2.31. The second kappa shape index (κ2) is 13.9. The molecule has 0 saturated carbocycles. The Morgan fingerprint density at radius 1 is 0.871 bits per heavy atom. The van der Waals surface area contributed by atoms with Gasteiger partial charge in [-0.25, -0.2) is 4.79 Å². The van der Waals surface area contributed by atoms with Gasteiger partial charge in [0.05, 0.1) is 6.04 Å². The van der Waals surface area contributed by atoms with Gasteiger partial charge in [-0.3, -0.25) is 19.2 Å². The fourth-order valence-electron chi connectivity index (χ4n) is 2.63. The van der Waals surface area contributed by atoms with Crippen LogP contribution in [-0.2, 0) is 24.0 Å². The van der Waals surface area contributed by atoms with E-state index in [-0.39, 0.29) is 36.9 Å². The quantitative estimate of drug-likeness (QED) is 0.166. The minimum atomic E-state index is -1.20. The van der Waals surface area contributed by atoms with Crippen molar-refractivity contribution in [1.82, 2.24) is 16.0 Å². The molecule has 0 rings (SSSR count). The third-order valence-electron chi connectivity index (χ3n) is 4.39. The first-order chi connectivity index (χ1) is 14.3. The van der Waals surface area contributed by atoms with Gasteiger partial charge in [0.15, 0.2) is 0 Å². The predicted molar refractivity (Wildman–Crippen MR) is 116 cm³/mol. The van der Waals surface area contributed by atoms with Crippen molar-refractivity contribution < 1.29 is 34.2 Å². The topological polar surface area (TPSA) is 188 Å². The minimum absolute atomic E-state index is 0.00639. The summed E-state index contributed by atoms with van der Waals surface area (Å²) in [4.78, 5) is 59.4. The van der Waals surface area contributed by atoms with Crippen LogP contribution in [0, 0.1) is 11.8 Å². The molecular weight excluding hydrogens is 428 g/mol. The third kappa shape index (κ3) is 11.0. The Hall–Kier alpha value is -2.34. The number of carbonyl (C=O) groups is 5. The number of carbonyl (C=O) groups excluding carboxylic acids is 3. The highest BCUT2D eigenvalue weighted by atomic mass is 32.1. The van der Waals surface area contributed by atoms with Crippen molar-refractivity contribution >= 4 is 42.3 Å². The molecule has 31 heavy (non-hydrogen) atoms. The first kappa shape index (κ1) is 28.7. The predicted octanol–water partition coefficient (Wildman–Crippen LogP) is -0.651. The molecule has 0 bridgehead atoms. The maximum atomic E-state index is 12.7. The third-order valence-corrected chi connectivity index (χ3v) is 4.76. The molecule has 0 spiro atoms. The summed E-state index contributed by atoms with van der Waals surface area (Å²) in [5.74, 6) is -4.81. The lowest BCUT2D eigenvalue weighted by Gasteiger charge is -2.26. The van der Waals surface area contributed by atoms with Gasteiger partial charge in [0.25, 0.3) is 0 Å². The van der Waals surface area contributed by atoms with Gasteiger partial charge in [-0.15, -0.1) is 0 Å². The second-order valence-electron chi connectivity index (χ2n) is 8.04. The molecule has 0 heterocycles. The Labute approximate surface area is 187 Å². The fraction of sp³-hybridized carbons (Fsp3) is 0.737. The zero-order valence-electron chi connectivity index (χ0n) is 18.3. The van der Waals surface area contributed by atoms with Crippen LogP contribution in [0.2, 0.25) is 0 Å². The average molecular weight is 463 g/mol. The molecule has 178 valence electrons. The SMILES string of the molecule is CC(C)CC(NC(=O)C(N)CCC(=O)O)C(=O)NC(CS)C(=O)NC(C(=O)O)C(C)C. The van der Waals surface area contributed by atoms with Crippen LogP contribution >= 0.6 is 12.6 Å². The number of hydrogen-bond acceptors (Lipinski definition) is 7. The van der Waals surface area contributed by atoms with E-state index >= 15 is 0 Å². The number of aliphatic carboxylic acids is 2. The molecule has 0 fully saturated rings. The molecule has 0 aromatic heterocycles. The van der Waals surface area contributed by atoms with Crippen LogP contribution in [0.25, 0.3) is 0 Å². The molecule has 0 aliphatic heterocycles. The Morgan fingerprint density at radius 2 is 1.39 bits per heavy atom. The smallest absolute Gasteiger partial charge is 0.326 e. The van der Waals surface area contributed by atoms with Gasteiger partial charge in [0.2, 0.25) is 17.7 Å². The molecule has 0 radical (unpaired) electrons. The molecule has 0 aromatic carbocycles. The molecule has 0 saturated heterocycles. The molecule has 3 amide bonds. The van der Waals surface area contributed by atoms with Crippen molar-refractivity contribution in [1.29, 1.82) is 0 Å². The van der Waals surface area contributed by atoms with Crippen LogP contribution in [0.3, 0.4) is 0 Å². The van der Waals surface area contributed by atoms with E-state index in [9.17, 15) is 29.1 Å². The normalized spacial score (nSPS) is 15.0. The van der Waals surface area contributed by atoms with E-state index in [4.69, 9.17) is 10.8 Å². The van der Waals surface area contributed by atoms with Crippen molar-refractivity contribution in [2.24, 2.45) is 17.6 Å². The number of hydrogen-bond donors (Lipinski definition) is 7. The maximum Gasteiger partial charge on any atom is 0.326 e. The number of carboxylic acid groups (broad SMARTS) is 2. The van der Waals surface area contributed by atoms with E-state index in [0.29, 0.717) is 0 Å². The molecule has 11 nitrogen and oxygen atoms in total. The monoisotopic (exact) mass is 462 g/mol. The highest BCUT2D eigenvalue weighted by molar-refractivity contribution is 7.80. The number of nitrogens with one attached hydrogen (secondary N) is 3. The molecule has 12 heteroatoms. The van der Waals surface area contributed by atoms with Crippen molar-refractivity contribution in [3.05, 3.63) is 0 Å². The second-order valence-corrected chi connectivity index (χ2v) is 8.41. The Balaban J connectivity index is 5.21. The number of carboxylic acids is 2. The molecule has 0 aromatic rings. The van der Waals surface area contributed by atoms with Crippen LogP contribution in [0.1, 0.15) is 47.0 Å². The van der Waals surface area contributed by atoms with E-state index in [1.165, 1.54) is 0 Å². The Morgan fingerprint density at radius 3 is 1.81 bits per heavy atom. The van der Waals surface area contributed by atoms with Crippen molar-refractivity contribution in [3.63, 3.8) is 0 Å². The standard InChI is InChI=1S/C19H34N4O7S/c1-9(2)7-12(21-16(26)11(20)5-6-14(24)25)17(27)22-13(8-31)18(28)23-15(10(3)4)19(29)30/h9-13,15,31H,5-8,20H2,1-4H3,(H,21,26)(H,22,27)(H,23,28)(H,24,25)(H,29,30).